The highest BCUT2D eigenvalue weighted by Crippen LogP contribution is 2.32. The summed E-state index contributed by atoms with van der Waals surface area (Å²) in [7, 11) is 1.45. The molecule has 0 aliphatic carbocycles. The molecule has 1 saturated heterocycles. The minimum Gasteiger partial charge on any atom is -0.494 e. The van der Waals surface area contributed by atoms with E-state index in [0.29, 0.717) is 25.2 Å². The highest BCUT2D eigenvalue weighted by molar-refractivity contribution is 5.29. The largest absolute Gasteiger partial charge is 0.494 e. The first-order valence-corrected chi connectivity index (χ1v) is 8.11. The van der Waals surface area contributed by atoms with E-state index in [0.717, 1.165) is 12.1 Å². The van der Waals surface area contributed by atoms with Gasteiger partial charge in [-0.3, -0.25) is 4.90 Å². The highest BCUT2D eigenvalue weighted by atomic mass is 19.1. The number of hydrogen-bond donors (Lipinski definition) is 1. The zero-order valence-electron chi connectivity index (χ0n) is 14.2. The third kappa shape index (κ3) is 3.27. The molecule has 2 aromatic rings. The van der Waals surface area contributed by atoms with Crippen molar-refractivity contribution in [2.45, 2.75) is 38.5 Å². The van der Waals surface area contributed by atoms with Gasteiger partial charge in [0, 0.05) is 25.7 Å². The predicted molar refractivity (Wildman–Crippen MR) is 87.1 cm³/mol. The molecule has 1 atom stereocenters. The molecule has 1 aromatic carbocycles. The minimum atomic E-state index is -1.00. The lowest BCUT2D eigenvalue weighted by molar-refractivity contribution is 0.0408. The zero-order valence-corrected chi connectivity index (χ0v) is 14.2. The van der Waals surface area contributed by atoms with Crippen LogP contribution in [0.15, 0.2) is 24.4 Å². The number of rotatable bonds is 5. The zero-order chi connectivity index (χ0) is 17.3. The van der Waals surface area contributed by atoms with Gasteiger partial charge in [0.05, 0.1) is 13.3 Å². The number of nitrogens with zero attached hydrogens (tertiary/aromatic N) is 4. The molecule has 7 heteroatoms. The number of β-amino-alcohol motifs (C(OH)–C–C–N with tert-alkyl or cyclic N) is 1. The van der Waals surface area contributed by atoms with Gasteiger partial charge in [-0.15, -0.1) is 5.10 Å². The lowest BCUT2D eigenvalue weighted by atomic mass is 10.00. The quantitative estimate of drug-likeness (QED) is 0.907. The van der Waals surface area contributed by atoms with Gasteiger partial charge < -0.3 is 9.84 Å². The normalized spacial score (nSPS) is 21.6. The molecule has 3 rings (SSSR count). The highest BCUT2D eigenvalue weighted by Gasteiger charge is 2.40. The first-order valence-electron chi connectivity index (χ1n) is 8.11. The van der Waals surface area contributed by atoms with Gasteiger partial charge in [-0.25, -0.2) is 9.07 Å². The Hall–Kier alpha value is -1.99. The molecule has 24 heavy (non-hydrogen) atoms. The van der Waals surface area contributed by atoms with Gasteiger partial charge in [-0.1, -0.05) is 11.3 Å². The molecule has 0 bridgehead atoms. The molecule has 130 valence electrons. The molecule has 2 heterocycles. The maximum Gasteiger partial charge on any atom is 0.165 e. The molecule has 1 aliphatic heterocycles. The number of aromatic nitrogens is 3. The summed E-state index contributed by atoms with van der Waals surface area (Å²) in [6.45, 7) is 5.78. The van der Waals surface area contributed by atoms with Crippen LogP contribution in [0, 0.1) is 5.82 Å². The van der Waals surface area contributed by atoms with E-state index < -0.39 is 5.60 Å². The smallest absolute Gasteiger partial charge is 0.165 e. The summed E-state index contributed by atoms with van der Waals surface area (Å²) in [5, 5.41) is 19.1. The van der Waals surface area contributed by atoms with Crippen molar-refractivity contribution in [3.05, 3.63) is 41.5 Å². The van der Waals surface area contributed by atoms with Crippen molar-refractivity contribution in [2.75, 3.05) is 20.2 Å². The van der Waals surface area contributed by atoms with Gasteiger partial charge in [0.2, 0.25) is 0 Å². The number of halogens is 1. The van der Waals surface area contributed by atoms with Gasteiger partial charge in [-0.05, 0) is 38.0 Å². The number of likely N-dealkylation sites (tertiary alicyclic amines) is 1. The lowest BCUT2D eigenvalue weighted by Crippen LogP contribution is -2.31. The monoisotopic (exact) mass is 334 g/mol. The maximum absolute atomic E-state index is 13.8. The van der Waals surface area contributed by atoms with E-state index in [4.69, 9.17) is 4.74 Å². The Bertz CT molecular complexity index is 718. The van der Waals surface area contributed by atoms with Gasteiger partial charge in [0.1, 0.15) is 11.3 Å². The second-order valence-corrected chi connectivity index (χ2v) is 6.64. The van der Waals surface area contributed by atoms with E-state index in [1.165, 1.54) is 13.2 Å². The molecule has 1 N–H and O–H groups in total. The van der Waals surface area contributed by atoms with E-state index in [1.807, 2.05) is 19.9 Å². The van der Waals surface area contributed by atoms with Crippen LogP contribution in [0.25, 0.3) is 0 Å². The van der Waals surface area contributed by atoms with Crippen LogP contribution in [-0.2, 0) is 12.1 Å². The van der Waals surface area contributed by atoms with Crippen molar-refractivity contribution < 1.29 is 14.2 Å². The first kappa shape index (κ1) is 16.9. The van der Waals surface area contributed by atoms with Crippen molar-refractivity contribution in [2.24, 2.45) is 0 Å². The van der Waals surface area contributed by atoms with Gasteiger partial charge in [0.25, 0.3) is 0 Å². The Morgan fingerprint density at radius 3 is 2.83 bits per heavy atom. The third-order valence-electron chi connectivity index (χ3n) is 4.47. The Labute approximate surface area is 140 Å². The molecule has 1 fully saturated rings. The fourth-order valence-electron chi connectivity index (χ4n) is 3.02. The van der Waals surface area contributed by atoms with Crippen molar-refractivity contribution in [1.29, 1.82) is 0 Å². The Kier molecular flexibility index (Phi) is 4.56. The van der Waals surface area contributed by atoms with Crippen molar-refractivity contribution in [1.82, 2.24) is 19.9 Å². The fraction of sp³-hybridized carbons (Fsp3) is 0.529. The van der Waals surface area contributed by atoms with Crippen LogP contribution in [0.1, 0.15) is 37.6 Å². The summed E-state index contributed by atoms with van der Waals surface area (Å²) in [6, 6.07) is 5.15. The molecule has 6 nitrogen and oxygen atoms in total. The van der Waals surface area contributed by atoms with E-state index in [2.05, 4.69) is 15.2 Å². The van der Waals surface area contributed by atoms with Crippen molar-refractivity contribution in [3.63, 3.8) is 0 Å². The van der Waals surface area contributed by atoms with E-state index in [1.54, 1.807) is 16.9 Å². The van der Waals surface area contributed by atoms with Crippen molar-refractivity contribution >= 4 is 0 Å². The molecule has 0 radical (unpaired) electrons. The standard InChI is InChI=1S/C17H23FN4O2/c1-12(2)22-10-16(19-20-22)17(23)6-7-21(11-17)9-13-4-5-15(24-3)14(18)8-13/h4-5,8,10,12,23H,6-7,9,11H2,1-3H3. The third-order valence-corrected chi connectivity index (χ3v) is 4.47. The second kappa shape index (κ2) is 6.49. The van der Waals surface area contributed by atoms with E-state index in [9.17, 15) is 9.50 Å². The topological polar surface area (TPSA) is 63.4 Å². The van der Waals surface area contributed by atoms with Crippen molar-refractivity contribution in [3.8, 4) is 5.75 Å². The van der Waals surface area contributed by atoms with Crippen LogP contribution in [0.5, 0.6) is 5.75 Å². The number of methoxy groups -OCH3 is 1. The molecular formula is C17H23FN4O2. The summed E-state index contributed by atoms with van der Waals surface area (Å²) in [4.78, 5) is 2.09. The lowest BCUT2D eigenvalue weighted by Gasteiger charge is -2.21. The minimum absolute atomic E-state index is 0.203. The summed E-state index contributed by atoms with van der Waals surface area (Å²) in [5.41, 5.74) is 0.445. The molecule has 1 aromatic heterocycles. The summed E-state index contributed by atoms with van der Waals surface area (Å²) in [6.07, 6.45) is 2.39. The van der Waals surface area contributed by atoms with Gasteiger partial charge in [-0.2, -0.15) is 0 Å². The van der Waals surface area contributed by atoms with Crippen LogP contribution in [0.3, 0.4) is 0 Å². The fourth-order valence-corrected chi connectivity index (χ4v) is 3.02. The molecule has 0 saturated carbocycles. The molecular weight excluding hydrogens is 311 g/mol. The van der Waals surface area contributed by atoms with E-state index >= 15 is 0 Å². The number of aliphatic hydroxyl groups is 1. The average Bonchev–Trinajstić information content (AvgIpc) is 3.16. The summed E-state index contributed by atoms with van der Waals surface area (Å²) >= 11 is 0. The number of hydrogen-bond acceptors (Lipinski definition) is 5. The predicted octanol–water partition coefficient (Wildman–Crippen LogP) is 2.10. The second-order valence-electron chi connectivity index (χ2n) is 6.64. The van der Waals surface area contributed by atoms with Gasteiger partial charge in [0.15, 0.2) is 11.6 Å². The SMILES string of the molecule is COc1ccc(CN2CCC(O)(c3cn(C(C)C)nn3)C2)cc1F. The number of ether oxygens (including phenoxy) is 1. The number of benzene rings is 1. The van der Waals surface area contributed by atoms with Crippen LogP contribution in [0.2, 0.25) is 0 Å². The Morgan fingerprint density at radius 2 is 2.21 bits per heavy atom. The maximum atomic E-state index is 13.8. The molecule has 1 unspecified atom stereocenters. The van der Waals surface area contributed by atoms with Crippen LogP contribution < -0.4 is 4.74 Å². The molecule has 0 spiro atoms. The Morgan fingerprint density at radius 1 is 1.42 bits per heavy atom. The molecule has 1 aliphatic rings. The Balaban J connectivity index is 1.69. The molecule has 0 amide bonds. The average molecular weight is 334 g/mol. The van der Waals surface area contributed by atoms with Crippen LogP contribution in [0.4, 0.5) is 4.39 Å². The summed E-state index contributed by atoms with van der Waals surface area (Å²) < 4.78 is 20.5. The van der Waals surface area contributed by atoms with E-state index in [-0.39, 0.29) is 17.6 Å². The first-order chi connectivity index (χ1) is 11.4. The van der Waals surface area contributed by atoms with Crippen LogP contribution in [-0.4, -0.2) is 45.2 Å². The van der Waals surface area contributed by atoms with Crippen LogP contribution >= 0.6 is 0 Å². The van der Waals surface area contributed by atoms with Gasteiger partial charge >= 0.3 is 0 Å². The summed E-state index contributed by atoms with van der Waals surface area (Å²) in [5.74, 6) is -0.133.